The van der Waals surface area contributed by atoms with Crippen molar-refractivity contribution < 1.29 is 18.0 Å². The molecule has 6 heteroatoms. The third-order valence-electron chi connectivity index (χ3n) is 1.87. The predicted molar refractivity (Wildman–Crippen MR) is 51.2 cm³/mol. The summed E-state index contributed by atoms with van der Waals surface area (Å²) in [6.45, 7) is 1.91. The van der Waals surface area contributed by atoms with Gasteiger partial charge in [0, 0.05) is 13.0 Å². The smallest absolute Gasteiger partial charge is 0.355 e. The Morgan fingerprint density at radius 2 is 2.07 bits per heavy atom. The fourth-order valence-corrected chi connectivity index (χ4v) is 1.07. The summed E-state index contributed by atoms with van der Waals surface area (Å²) in [5.74, 6) is -0.376. The Morgan fingerprint density at radius 1 is 1.47 bits per heavy atom. The molecule has 0 saturated carbocycles. The summed E-state index contributed by atoms with van der Waals surface area (Å²) in [6, 6.07) is -0.610. The molecule has 0 heterocycles. The molecule has 1 amide bonds. The normalized spacial score (nSPS) is 13.7. The van der Waals surface area contributed by atoms with E-state index in [1.807, 2.05) is 6.92 Å². The van der Waals surface area contributed by atoms with Crippen molar-refractivity contribution in [3.05, 3.63) is 0 Å². The molecule has 0 bridgehead atoms. The van der Waals surface area contributed by atoms with Gasteiger partial charge in [-0.05, 0) is 12.8 Å². The SMILES string of the molecule is CCCC(N)C(=O)NCCCC(F)(F)F. The number of carbonyl (C=O) groups excluding carboxylic acids is 1. The Labute approximate surface area is 87.2 Å². The molecular formula is C9H17F3N2O. The number of hydrogen-bond donors (Lipinski definition) is 2. The van der Waals surface area contributed by atoms with Gasteiger partial charge >= 0.3 is 6.18 Å². The summed E-state index contributed by atoms with van der Waals surface area (Å²) in [6.07, 6.45) is -3.82. The second-order valence-electron chi connectivity index (χ2n) is 3.40. The first-order valence-electron chi connectivity index (χ1n) is 4.97. The van der Waals surface area contributed by atoms with Crippen molar-refractivity contribution in [3.8, 4) is 0 Å². The lowest BCUT2D eigenvalue weighted by Gasteiger charge is -2.11. The molecule has 0 radical (unpaired) electrons. The van der Waals surface area contributed by atoms with Crippen LogP contribution < -0.4 is 11.1 Å². The van der Waals surface area contributed by atoms with E-state index in [0.717, 1.165) is 6.42 Å². The fraction of sp³-hybridized carbons (Fsp3) is 0.889. The molecule has 0 rings (SSSR count). The molecule has 0 spiro atoms. The van der Waals surface area contributed by atoms with Gasteiger partial charge in [0.2, 0.25) is 5.91 Å². The molecule has 0 aromatic heterocycles. The van der Waals surface area contributed by atoms with E-state index in [9.17, 15) is 18.0 Å². The Hall–Kier alpha value is -0.780. The van der Waals surface area contributed by atoms with Crippen LogP contribution >= 0.6 is 0 Å². The van der Waals surface area contributed by atoms with E-state index >= 15 is 0 Å². The van der Waals surface area contributed by atoms with Crippen LogP contribution in [0.15, 0.2) is 0 Å². The van der Waals surface area contributed by atoms with E-state index in [1.165, 1.54) is 0 Å². The van der Waals surface area contributed by atoms with Gasteiger partial charge in [-0.1, -0.05) is 13.3 Å². The van der Waals surface area contributed by atoms with Crippen molar-refractivity contribution in [2.24, 2.45) is 5.73 Å². The van der Waals surface area contributed by atoms with Crippen LogP contribution in [0.4, 0.5) is 13.2 Å². The maximum absolute atomic E-state index is 11.7. The van der Waals surface area contributed by atoms with Gasteiger partial charge < -0.3 is 11.1 Å². The van der Waals surface area contributed by atoms with Crippen LogP contribution in [0, 0.1) is 0 Å². The minimum absolute atomic E-state index is 0.0236. The number of carbonyl (C=O) groups is 1. The molecule has 90 valence electrons. The number of amides is 1. The number of halogens is 3. The van der Waals surface area contributed by atoms with Crippen LogP contribution in [0.1, 0.15) is 32.6 Å². The largest absolute Gasteiger partial charge is 0.389 e. The summed E-state index contributed by atoms with van der Waals surface area (Å²) in [7, 11) is 0. The van der Waals surface area contributed by atoms with Crippen LogP contribution in [0.5, 0.6) is 0 Å². The number of nitrogens with two attached hydrogens (primary N) is 1. The second kappa shape index (κ2) is 6.66. The molecular weight excluding hydrogens is 209 g/mol. The van der Waals surface area contributed by atoms with Crippen LogP contribution in [-0.2, 0) is 4.79 Å². The van der Waals surface area contributed by atoms with Crippen LogP contribution in [0.2, 0.25) is 0 Å². The molecule has 1 atom stereocenters. The lowest BCUT2D eigenvalue weighted by Crippen LogP contribution is -2.40. The molecule has 1 unspecified atom stereocenters. The van der Waals surface area contributed by atoms with Gasteiger partial charge in [0.1, 0.15) is 0 Å². The Bertz CT molecular complexity index is 194. The molecule has 0 aliphatic carbocycles. The summed E-state index contributed by atoms with van der Waals surface area (Å²) in [4.78, 5) is 11.1. The monoisotopic (exact) mass is 226 g/mol. The van der Waals surface area contributed by atoms with Crippen molar-refractivity contribution in [2.45, 2.75) is 44.8 Å². The van der Waals surface area contributed by atoms with E-state index < -0.39 is 18.6 Å². The van der Waals surface area contributed by atoms with Crippen LogP contribution in [-0.4, -0.2) is 24.7 Å². The Kier molecular flexibility index (Phi) is 6.31. The maximum atomic E-state index is 11.7. The molecule has 15 heavy (non-hydrogen) atoms. The van der Waals surface area contributed by atoms with Crippen molar-refractivity contribution in [1.82, 2.24) is 5.32 Å². The summed E-state index contributed by atoms with van der Waals surface area (Å²) in [5.41, 5.74) is 5.46. The van der Waals surface area contributed by atoms with Crippen LogP contribution in [0.3, 0.4) is 0 Å². The first-order chi connectivity index (χ1) is 6.87. The number of hydrogen-bond acceptors (Lipinski definition) is 2. The fourth-order valence-electron chi connectivity index (χ4n) is 1.07. The lowest BCUT2D eigenvalue weighted by atomic mass is 10.1. The lowest BCUT2D eigenvalue weighted by molar-refractivity contribution is -0.136. The van der Waals surface area contributed by atoms with Crippen molar-refractivity contribution in [2.75, 3.05) is 6.54 Å². The van der Waals surface area contributed by atoms with E-state index in [1.54, 1.807) is 0 Å². The van der Waals surface area contributed by atoms with Crippen molar-refractivity contribution >= 4 is 5.91 Å². The first kappa shape index (κ1) is 14.2. The molecule has 0 aliphatic heterocycles. The molecule has 3 nitrogen and oxygen atoms in total. The van der Waals surface area contributed by atoms with E-state index in [2.05, 4.69) is 5.32 Å². The number of alkyl halides is 3. The summed E-state index contributed by atoms with van der Waals surface area (Å²) in [5, 5.41) is 2.38. The van der Waals surface area contributed by atoms with Gasteiger partial charge in [-0.3, -0.25) is 4.79 Å². The topological polar surface area (TPSA) is 55.1 Å². The van der Waals surface area contributed by atoms with Crippen molar-refractivity contribution in [1.29, 1.82) is 0 Å². The van der Waals surface area contributed by atoms with Gasteiger partial charge in [-0.15, -0.1) is 0 Å². The quantitative estimate of drug-likeness (QED) is 0.675. The highest BCUT2D eigenvalue weighted by atomic mass is 19.4. The zero-order valence-electron chi connectivity index (χ0n) is 8.73. The molecule has 0 fully saturated rings. The standard InChI is InChI=1S/C9H17F3N2O/c1-2-4-7(13)8(15)14-6-3-5-9(10,11)12/h7H,2-6,13H2,1H3,(H,14,15). The van der Waals surface area contributed by atoms with Gasteiger partial charge in [0.25, 0.3) is 0 Å². The minimum Gasteiger partial charge on any atom is -0.355 e. The highest BCUT2D eigenvalue weighted by molar-refractivity contribution is 5.81. The second-order valence-corrected chi connectivity index (χ2v) is 3.40. The summed E-state index contributed by atoms with van der Waals surface area (Å²) < 4.78 is 35.2. The highest BCUT2D eigenvalue weighted by Crippen LogP contribution is 2.20. The third-order valence-corrected chi connectivity index (χ3v) is 1.87. The summed E-state index contributed by atoms with van der Waals surface area (Å²) >= 11 is 0. The zero-order chi connectivity index (χ0) is 11.9. The predicted octanol–water partition coefficient (Wildman–Crippen LogP) is 1.57. The zero-order valence-corrected chi connectivity index (χ0v) is 8.73. The molecule has 0 aromatic carbocycles. The van der Waals surface area contributed by atoms with Gasteiger partial charge in [0.05, 0.1) is 6.04 Å². The minimum atomic E-state index is -4.16. The molecule has 0 aliphatic rings. The third kappa shape index (κ3) is 8.23. The Balaban J connectivity index is 3.55. The van der Waals surface area contributed by atoms with Crippen molar-refractivity contribution in [3.63, 3.8) is 0 Å². The van der Waals surface area contributed by atoms with Gasteiger partial charge in [-0.2, -0.15) is 13.2 Å². The van der Waals surface area contributed by atoms with Crippen LogP contribution in [0.25, 0.3) is 0 Å². The van der Waals surface area contributed by atoms with E-state index in [0.29, 0.717) is 6.42 Å². The van der Waals surface area contributed by atoms with E-state index in [-0.39, 0.29) is 18.9 Å². The average Bonchev–Trinajstić information content (AvgIpc) is 2.11. The van der Waals surface area contributed by atoms with Gasteiger partial charge in [0.15, 0.2) is 0 Å². The first-order valence-corrected chi connectivity index (χ1v) is 4.97. The number of rotatable bonds is 6. The molecule has 0 saturated heterocycles. The molecule has 3 N–H and O–H groups in total. The molecule has 0 aromatic rings. The Morgan fingerprint density at radius 3 is 2.53 bits per heavy atom. The van der Waals surface area contributed by atoms with E-state index in [4.69, 9.17) is 5.73 Å². The number of nitrogens with one attached hydrogen (secondary N) is 1. The average molecular weight is 226 g/mol. The highest BCUT2D eigenvalue weighted by Gasteiger charge is 2.26. The maximum Gasteiger partial charge on any atom is 0.389 e. The van der Waals surface area contributed by atoms with Gasteiger partial charge in [-0.25, -0.2) is 0 Å².